The molecule has 0 aliphatic heterocycles. The molecule has 2 aromatic heterocycles. The summed E-state index contributed by atoms with van der Waals surface area (Å²) in [7, 11) is 0. The van der Waals surface area contributed by atoms with Crippen molar-refractivity contribution in [2.24, 2.45) is 0 Å². The maximum atomic E-state index is 12.6. The summed E-state index contributed by atoms with van der Waals surface area (Å²) >= 11 is 2.67. The van der Waals surface area contributed by atoms with Crippen molar-refractivity contribution in [1.29, 1.82) is 0 Å². The van der Waals surface area contributed by atoms with Gasteiger partial charge in [0.2, 0.25) is 22.1 Å². The number of hydrogen-bond acceptors (Lipinski definition) is 12. The average molecular weight is 723 g/mol. The number of hydrogen-bond donors (Lipinski definition) is 4. The lowest BCUT2D eigenvalue weighted by Crippen LogP contribution is -2.27. The smallest absolute Gasteiger partial charge is 0.412 e. The van der Waals surface area contributed by atoms with E-state index in [4.69, 9.17) is 9.47 Å². The topological polar surface area (TPSA) is 186 Å². The molecule has 0 saturated carbocycles. The summed E-state index contributed by atoms with van der Waals surface area (Å²) in [4.78, 5) is 49.0. The van der Waals surface area contributed by atoms with E-state index in [1.54, 1.807) is 90.1 Å². The third-order valence-corrected chi connectivity index (χ3v) is 8.18. The molecule has 0 aliphatic carbocycles. The molecule has 2 heterocycles. The Kier molecular flexibility index (Phi) is 13.0. The molecule has 0 radical (unpaired) electrons. The molecule has 0 saturated heterocycles. The van der Waals surface area contributed by atoms with Crippen LogP contribution in [0.25, 0.3) is 0 Å². The van der Waals surface area contributed by atoms with Gasteiger partial charge in [-0.3, -0.25) is 20.2 Å². The van der Waals surface area contributed by atoms with Crippen molar-refractivity contribution in [2.75, 3.05) is 21.3 Å². The Balaban J connectivity index is 1.12. The van der Waals surface area contributed by atoms with E-state index in [0.29, 0.717) is 34.5 Å². The molecule has 0 aliphatic rings. The van der Waals surface area contributed by atoms with Crippen molar-refractivity contribution in [3.63, 3.8) is 0 Å². The summed E-state index contributed by atoms with van der Waals surface area (Å²) in [6, 6.07) is 13.9. The minimum atomic E-state index is -0.594. The van der Waals surface area contributed by atoms with E-state index in [0.717, 1.165) is 34.0 Å². The van der Waals surface area contributed by atoms with E-state index >= 15 is 0 Å². The predicted octanol–water partition coefficient (Wildman–Crippen LogP) is 7.01. The van der Waals surface area contributed by atoms with Crippen LogP contribution >= 0.6 is 22.7 Å². The van der Waals surface area contributed by atoms with Gasteiger partial charge in [-0.1, -0.05) is 46.9 Å². The number of carbonyl (C=O) groups is 4. The SMILES string of the molecule is CC(C)(C)OC(=O)Nc1ccc(CC(=O)Nc2nnc(CCCCc3nnc(NC(=O)Cc4ccc(NC(=O)OC(C)(C)C)cc4)s3)s2)cc1. The second-order valence-electron chi connectivity index (χ2n) is 13.3. The molecule has 0 fully saturated rings. The van der Waals surface area contributed by atoms with E-state index in [1.807, 2.05) is 0 Å². The van der Waals surface area contributed by atoms with Gasteiger partial charge in [-0.2, -0.15) is 0 Å². The number of carbonyl (C=O) groups excluding carboxylic acids is 4. The van der Waals surface area contributed by atoms with Crippen LogP contribution in [0.3, 0.4) is 0 Å². The van der Waals surface area contributed by atoms with Gasteiger partial charge in [0.1, 0.15) is 21.2 Å². The number of rotatable bonds is 13. The number of ether oxygens (including phenoxy) is 2. The van der Waals surface area contributed by atoms with Crippen molar-refractivity contribution in [3.8, 4) is 0 Å². The first-order chi connectivity index (χ1) is 23.6. The standard InChI is InChI=1S/C34H42N8O6S2/c1-33(2,3)47-31(45)35-23-15-11-21(12-16-23)19-25(43)37-29-41-39-27(49-29)9-7-8-10-28-40-42-30(50-28)38-26(44)20-22-13-17-24(18-14-22)36-32(46)48-34(4,5)6/h11-18H,7-10,19-20H2,1-6H3,(H,35,45)(H,36,46)(H,37,41,43)(H,38,42,44). The molecular weight excluding hydrogens is 681 g/mol. The van der Waals surface area contributed by atoms with Crippen molar-refractivity contribution in [3.05, 3.63) is 69.7 Å². The first kappa shape index (κ1) is 37.9. The highest BCUT2D eigenvalue weighted by molar-refractivity contribution is 7.15. The fourth-order valence-corrected chi connectivity index (χ4v) is 5.91. The third-order valence-electron chi connectivity index (χ3n) is 6.39. The van der Waals surface area contributed by atoms with Crippen LogP contribution in [-0.2, 0) is 44.7 Å². The van der Waals surface area contributed by atoms with Gasteiger partial charge in [-0.15, -0.1) is 20.4 Å². The molecule has 4 rings (SSSR count). The number of anilines is 4. The van der Waals surface area contributed by atoms with Gasteiger partial charge in [0, 0.05) is 24.2 Å². The van der Waals surface area contributed by atoms with Gasteiger partial charge in [0.05, 0.1) is 12.8 Å². The van der Waals surface area contributed by atoms with E-state index in [1.165, 1.54) is 22.7 Å². The highest BCUT2D eigenvalue weighted by Crippen LogP contribution is 2.21. The number of nitrogens with one attached hydrogen (secondary N) is 4. The van der Waals surface area contributed by atoms with E-state index in [-0.39, 0.29) is 24.7 Å². The van der Waals surface area contributed by atoms with Gasteiger partial charge < -0.3 is 20.1 Å². The van der Waals surface area contributed by atoms with E-state index in [2.05, 4.69) is 41.7 Å². The maximum Gasteiger partial charge on any atom is 0.412 e. The molecule has 14 nitrogen and oxygen atoms in total. The molecule has 16 heteroatoms. The van der Waals surface area contributed by atoms with Crippen LogP contribution in [0.15, 0.2) is 48.5 Å². The lowest BCUT2D eigenvalue weighted by Gasteiger charge is -2.19. The highest BCUT2D eigenvalue weighted by atomic mass is 32.1. The Morgan fingerprint density at radius 3 is 1.26 bits per heavy atom. The minimum Gasteiger partial charge on any atom is -0.444 e. The normalized spacial score (nSPS) is 11.4. The number of aryl methyl sites for hydroxylation is 2. The van der Waals surface area contributed by atoms with E-state index in [9.17, 15) is 19.2 Å². The van der Waals surface area contributed by atoms with Gasteiger partial charge in [-0.05, 0) is 89.8 Å². The molecule has 0 spiro atoms. The fraction of sp³-hybridized carbons (Fsp3) is 0.412. The molecular formula is C34H42N8O6S2. The Hall–Kier alpha value is -4.96. The van der Waals surface area contributed by atoms with Crippen molar-refractivity contribution in [1.82, 2.24) is 20.4 Å². The number of aromatic nitrogens is 4. The minimum absolute atomic E-state index is 0.147. The molecule has 0 unspecified atom stereocenters. The van der Waals surface area contributed by atoms with Crippen LogP contribution in [0.5, 0.6) is 0 Å². The quantitative estimate of drug-likeness (QED) is 0.105. The molecule has 0 bridgehead atoms. The van der Waals surface area contributed by atoms with E-state index < -0.39 is 23.4 Å². The Morgan fingerprint density at radius 1 is 0.560 bits per heavy atom. The first-order valence-electron chi connectivity index (χ1n) is 16.0. The van der Waals surface area contributed by atoms with Crippen molar-refractivity contribution >= 4 is 68.3 Å². The summed E-state index contributed by atoms with van der Waals surface area (Å²) in [5.74, 6) is -0.435. The summed E-state index contributed by atoms with van der Waals surface area (Å²) in [5.41, 5.74) is 1.51. The number of unbranched alkanes of at least 4 members (excludes halogenated alkanes) is 1. The van der Waals surface area contributed by atoms with Gasteiger partial charge in [-0.25, -0.2) is 9.59 Å². The Labute approximate surface area is 298 Å². The molecule has 266 valence electrons. The van der Waals surface area contributed by atoms with Crippen LogP contribution in [0.1, 0.15) is 75.5 Å². The largest absolute Gasteiger partial charge is 0.444 e. The van der Waals surface area contributed by atoms with Crippen molar-refractivity contribution in [2.45, 2.75) is 91.3 Å². The molecule has 2 aromatic carbocycles. The van der Waals surface area contributed by atoms with Crippen LogP contribution < -0.4 is 21.3 Å². The Morgan fingerprint density at radius 2 is 0.920 bits per heavy atom. The van der Waals surface area contributed by atoms with Crippen LogP contribution in [0.4, 0.5) is 31.2 Å². The lowest BCUT2D eigenvalue weighted by atomic mass is 10.1. The summed E-state index contributed by atoms with van der Waals surface area (Å²) < 4.78 is 10.5. The molecule has 4 aromatic rings. The zero-order chi connectivity index (χ0) is 36.3. The number of amides is 4. The first-order valence-corrected chi connectivity index (χ1v) is 17.6. The molecule has 0 atom stereocenters. The lowest BCUT2D eigenvalue weighted by molar-refractivity contribution is -0.116. The average Bonchev–Trinajstić information content (AvgIpc) is 3.64. The van der Waals surface area contributed by atoms with Gasteiger partial charge >= 0.3 is 12.2 Å². The number of nitrogens with zero attached hydrogens (tertiary/aromatic N) is 4. The maximum absolute atomic E-state index is 12.6. The Bertz CT molecular complexity index is 1630. The summed E-state index contributed by atoms with van der Waals surface area (Å²) in [5, 5.41) is 30.0. The molecule has 50 heavy (non-hydrogen) atoms. The highest BCUT2D eigenvalue weighted by Gasteiger charge is 2.18. The third kappa shape index (κ3) is 13.9. The fourth-order valence-electron chi connectivity index (χ4n) is 4.32. The zero-order valence-electron chi connectivity index (χ0n) is 28.9. The van der Waals surface area contributed by atoms with Crippen LogP contribution in [0.2, 0.25) is 0 Å². The van der Waals surface area contributed by atoms with Crippen LogP contribution in [-0.4, -0.2) is 55.6 Å². The summed E-state index contributed by atoms with van der Waals surface area (Å²) in [6.45, 7) is 10.7. The predicted molar refractivity (Wildman–Crippen MR) is 194 cm³/mol. The second kappa shape index (κ2) is 17.1. The van der Waals surface area contributed by atoms with Gasteiger partial charge in [0.15, 0.2) is 0 Å². The van der Waals surface area contributed by atoms with Crippen molar-refractivity contribution < 1.29 is 28.7 Å². The van der Waals surface area contributed by atoms with Gasteiger partial charge in [0.25, 0.3) is 0 Å². The molecule has 4 amide bonds. The van der Waals surface area contributed by atoms with Crippen LogP contribution in [0, 0.1) is 0 Å². The monoisotopic (exact) mass is 722 g/mol. The second-order valence-corrected chi connectivity index (χ2v) is 15.4. The molecule has 4 N–H and O–H groups in total. The zero-order valence-corrected chi connectivity index (χ0v) is 30.5. The summed E-state index contributed by atoms with van der Waals surface area (Å²) in [6.07, 6.45) is 2.29. The number of benzene rings is 2.